The van der Waals surface area contributed by atoms with E-state index in [1.54, 1.807) is 11.6 Å². The van der Waals surface area contributed by atoms with Gasteiger partial charge in [0.2, 0.25) is 17.6 Å². The van der Waals surface area contributed by atoms with E-state index in [9.17, 15) is 4.79 Å². The molecular formula is C21H20N6O2S. The van der Waals surface area contributed by atoms with Gasteiger partial charge in [0.05, 0.1) is 5.75 Å². The first-order valence-corrected chi connectivity index (χ1v) is 10.3. The lowest BCUT2D eigenvalue weighted by molar-refractivity contribution is -0.113. The van der Waals surface area contributed by atoms with E-state index in [4.69, 9.17) is 4.52 Å². The molecule has 0 unspecified atom stereocenters. The minimum atomic E-state index is -0.118. The molecule has 0 fully saturated rings. The highest BCUT2D eigenvalue weighted by Gasteiger charge is 2.19. The van der Waals surface area contributed by atoms with E-state index in [1.807, 2.05) is 62.4 Å². The van der Waals surface area contributed by atoms with Gasteiger partial charge in [-0.3, -0.25) is 4.79 Å². The Morgan fingerprint density at radius 2 is 1.70 bits per heavy atom. The van der Waals surface area contributed by atoms with Crippen LogP contribution in [0, 0.1) is 13.8 Å². The van der Waals surface area contributed by atoms with Crippen LogP contribution in [0.5, 0.6) is 0 Å². The average molecular weight is 420 g/mol. The van der Waals surface area contributed by atoms with Gasteiger partial charge >= 0.3 is 0 Å². The molecule has 30 heavy (non-hydrogen) atoms. The van der Waals surface area contributed by atoms with Crippen molar-refractivity contribution in [3.8, 4) is 23.1 Å². The van der Waals surface area contributed by atoms with Crippen molar-refractivity contribution in [2.75, 3.05) is 11.1 Å². The molecule has 152 valence electrons. The summed E-state index contributed by atoms with van der Waals surface area (Å²) >= 11 is 1.29. The van der Waals surface area contributed by atoms with Crippen LogP contribution in [-0.2, 0) is 11.8 Å². The van der Waals surface area contributed by atoms with E-state index in [-0.39, 0.29) is 17.6 Å². The van der Waals surface area contributed by atoms with Crippen LogP contribution in [0.15, 0.2) is 58.2 Å². The van der Waals surface area contributed by atoms with Crippen LogP contribution < -0.4 is 5.32 Å². The lowest BCUT2D eigenvalue weighted by Crippen LogP contribution is -2.14. The molecule has 8 nitrogen and oxygen atoms in total. The molecule has 2 heterocycles. The first-order chi connectivity index (χ1) is 14.5. The van der Waals surface area contributed by atoms with Crippen LogP contribution in [0.25, 0.3) is 23.1 Å². The first-order valence-electron chi connectivity index (χ1n) is 9.29. The van der Waals surface area contributed by atoms with E-state index in [0.29, 0.717) is 16.8 Å². The maximum absolute atomic E-state index is 12.2. The second kappa shape index (κ2) is 8.50. The van der Waals surface area contributed by atoms with Gasteiger partial charge in [-0.2, -0.15) is 4.98 Å². The lowest BCUT2D eigenvalue weighted by Gasteiger charge is -2.05. The molecule has 1 N–H and O–H groups in total. The number of nitrogens with zero attached hydrogens (tertiary/aromatic N) is 5. The Bertz CT molecular complexity index is 1170. The standard InChI is InChI=1S/C21H20N6O2S/c1-13-4-8-15(9-5-13)18-23-20(29-26-18)19-24-25-21(27(19)3)30-12-17(28)22-16-10-6-14(2)7-11-16/h4-11H,12H2,1-3H3,(H,22,28). The maximum atomic E-state index is 12.2. The first kappa shape index (κ1) is 19.8. The van der Waals surface area contributed by atoms with E-state index in [1.165, 1.54) is 11.8 Å². The Morgan fingerprint density at radius 3 is 2.40 bits per heavy atom. The van der Waals surface area contributed by atoms with Crippen LogP contribution >= 0.6 is 11.8 Å². The fourth-order valence-corrected chi connectivity index (χ4v) is 3.44. The summed E-state index contributed by atoms with van der Waals surface area (Å²) in [6.45, 7) is 4.02. The Hall–Kier alpha value is -3.46. The largest absolute Gasteiger partial charge is 0.330 e. The molecule has 9 heteroatoms. The number of hydrogen-bond donors (Lipinski definition) is 1. The summed E-state index contributed by atoms with van der Waals surface area (Å²) in [5.74, 6) is 1.30. The van der Waals surface area contributed by atoms with Crippen molar-refractivity contribution in [1.82, 2.24) is 24.9 Å². The van der Waals surface area contributed by atoms with Crippen LogP contribution in [-0.4, -0.2) is 36.6 Å². The topological polar surface area (TPSA) is 98.7 Å². The van der Waals surface area contributed by atoms with Gasteiger partial charge in [-0.15, -0.1) is 10.2 Å². The Kier molecular flexibility index (Phi) is 5.62. The summed E-state index contributed by atoms with van der Waals surface area (Å²) in [5.41, 5.74) is 3.92. The summed E-state index contributed by atoms with van der Waals surface area (Å²) in [6.07, 6.45) is 0. The number of nitrogens with one attached hydrogen (secondary N) is 1. The zero-order valence-corrected chi connectivity index (χ0v) is 17.6. The Balaban J connectivity index is 1.42. The molecule has 0 spiro atoms. The minimum Gasteiger partial charge on any atom is -0.330 e. The average Bonchev–Trinajstić information content (AvgIpc) is 3.35. The second-order valence-corrected chi connectivity index (χ2v) is 7.80. The van der Waals surface area contributed by atoms with E-state index < -0.39 is 0 Å². The maximum Gasteiger partial charge on any atom is 0.296 e. The number of carbonyl (C=O) groups excluding carboxylic acids is 1. The number of aromatic nitrogens is 5. The molecule has 0 bridgehead atoms. The predicted octanol–water partition coefficient (Wildman–Crippen LogP) is 3.88. The van der Waals surface area contributed by atoms with Crippen molar-refractivity contribution < 1.29 is 9.32 Å². The smallest absolute Gasteiger partial charge is 0.296 e. The van der Waals surface area contributed by atoms with Crippen molar-refractivity contribution in [1.29, 1.82) is 0 Å². The molecule has 4 rings (SSSR count). The molecule has 0 atom stereocenters. The number of carbonyl (C=O) groups is 1. The molecule has 0 saturated carbocycles. The lowest BCUT2D eigenvalue weighted by atomic mass is 10.1. The molecule has 4 aromatic rings. The molecule has 2 aromatic heterocycles. The predicted molar refractivity (Wildman–Crippen MR) is 115 cm³/mol. The normalized spacial score (nSPS) is 10.9. The quantitative estimate of drug-likeness (QED) is 0.473. The van der Waals surface area contributed by atoms with Crippen molar-refractivity contribution in [3.05, 3.63) is 59.7 Å². The Labute approximate surface area is 177 Å². The van der Waals surface area contributed by atoms with Gasteiger partial charge in [0.15, 0.2) is 5.16 Å². The third-order valence-corrected chi connectivity index (χ3v) is 5.45. The highest BCUT2D eigenvalue weighted by Crippen LogP contribution is 2.24. The molecule has 0 saturated heterocycles. The molecule has 2 aromatic carbocycles. The van der Waals surface area contributed by atoms with E-state index >= 15 is 0 Å². The summed E-state index contributed by atoms with van der Waals surface area (Å²) in [7, 11) is 1.80. The molecule has 0 aliphatic carbocycles. The Morgan fingerprint density at radius 1 is 1.03 bits per heavy atom. The number of rotatable bonds is 6. The fourth-order valence-electron chi connectivity index (χ4n) is 2.73. The third-order valence-electron chi connectivity index (χ3n) is 4.43. The molecule has 1 amide bonds. The second-order valence-electron chi connectivity index (χ2n) is 6.86. The number of benzene rings is 2. The number of aryl methyl sites for hydroxylation is 2. The highest BCUT2D eigenvalue weighted by molar-refractivity contribution is 7.99. The summed E-state index contributed by atoms with van der Waals surface area (Å²) in [6, 6.07) is 15.5. The van der Waals surface area contributed by atoms with E-state index in [0.717, 1.165) is 22.4 Å². The van der Waals surface area contributed by atoms with E-state index in [2.05, 4.69) is 25.7 Å². The van der Waals surface area contributed by atoms with Crippen LogP contribution in [0.3, 0.4) is 0 Å². The van der Waals surface area contributed by atoms with Gasteiger partial charge in [0.25, 0.3) is 5.89 Å². The van der Waals surface area contributed by atoms with Crippen LogP contribution in [0.2, 0.25) is 0 Å². The molecular weight excluding hydrogens is 400 g/mol. The third kappa shape index (κ3) is 4.41. The SMILES string of the molecule is Cc1ccc(NC(=O)CSc2nnc(-c3nc(-c4ccc(C)cc4)no3)n2C)cc1. The van der Waals surface area contributed by atoms with Crippen LogP contribution in [0.1, 0.15) is 11.1 Å². The number of hydrogen-bond acceptors (Lipinski definition) is 7. The van der Waals surface area contributed by atoms with Gasteiger partial charge in [-0.25, -0.2) is 0 Å². The monoisotopic (exact) mass is 420 g/mol. The van der Waals surface area contributed by atoms with Crippen molar-refractivity contribution in [2.45, 2.75) is 19.0 Å². The van der Waals surface area contributed by atoms with Gasteiger partial charge in [0.1, 0.15) is 0 Å². The van der Waals surface area contributed by atoms with Gasteiger partial charge in [-0.1, -0.05) is 64.4 Å². The summed E-state index contributed by atoms with van der Waals surface area (Å²) in [4.78, 5) is 16.6. The zero-order chi connectivity index (χ0) is 21.1. The van der Waals surface area contributed by atoms with Crippen molar-refractivity contribution in [2.24, 2.45) is 7.05 Å². The molecule has 0 aliphatic rings. The number of thioether (sulfide) groups is 1. The number of anilines is 1. The number of amides is 1. The van der Waals surface area contributed by atoms with Crippen molar-refractivity contribution >= 4 is 23.4 Å². The minimum absolute atomic E-state index is 0.118. The molecule has 0 aliphatic heterocycles. The van der Waals surface area contributed by atoms with Gasteiger partial charge in [0, 0.05) is 18.3 Å². The molecule has 0 radical (unpaired) electrons. The van der Waals surface area contributed by atoms with Gasteiger partial charge < -0.3 is 14.4 Å². The summed E-state index contributed by atoms with van der Waals surface area (Å²) in [5, 5.41) is 15.8. The summed E-state index contributed by atoms with van der Waals surface area (Å²) < 4.78 is 7.10. The zero-order valence-electron chi connectivity index (χ0n) is 16.8. The fraction of sp³-hybridized carbons (Fsp3) is 0.190. The van der Waals surface area contributed by atoms with Gasteiger partial charge in [-0.05, 0) is 26.0 Å². The highest BCUT2D eigenvalue weighted by atomic mass is 32.2. The van der Waals surface area contributed by atoms with Crippen LogP contribution in [0.4, 0.5) is 5.69 Å². The van der Waals surface area contributed by atoms with Crippen molar-refractivity contribution in [3.63, 3.8) is 0 Å².